The van der Waals surface area contributed by atoms with Crippen LogP contribution in [0.2, 0.25) is 0 Å². The SMILES string of the molecule is O=C(O)/C=C1\CCc2c(F)cccc21. The molecule has 14 heavy (non-hydrogen) atoms. The first-order chi connectivity index (χ1) is 6.68. The third-order valence-electron chi connectivity index (χ3n) is 2.41. The van der Waals surface area contributed by atoms with Gasteiger partial charge in [-0.1, -0.05) is 12.1 Å². The van der Waals surface area contributed by atoms with Crippen LogP contribution in [0, 0.1) is 5.82 Å². The van der Waals surface area contributed by atoms with Crippen molar-refractivity contribution in [1.29, 1.82) is 0 Å². The van der Waals surface area contributed by atoms with Crippen LogP contribution in [0.4, 0.5) is 4.39 Å². The van der Waals surface area contributed by atoms with Crippen molar-refractivity contribution in [2.75, 3.05) is 0 Å². The standard InChI is InChI=1S/C11H9FO2/c12-10-3-1-2-8-7(6-11(13)14)4-5-9(8)10/h1-3,6H,4-5H2,(H,13,14)/b7-6+. The Balaban J connectivity index is 2.50. The van der Waals surface area contributed by atoms with Crippen LogP contribution in [0.25, 0.3) is 5.57 Å². The lowest BCUT2D eigenvalue weighted by atomic mass is 10.1. The largest absolute Gasteiger partial charge is 0.478 e. The maximum absolute atomic E-state index is 13.2. The number of hydrogen-bond acceptors (Lipinski definition) is 1. The molecule has 1 aliphatic rings. The van der Waals surface area contributed by atoms with Crippen molar-refractivity contribution in [3.8, 4) is 0 Å². The zero-order chi connectivity index (χ0) is 10.1. The molecule has 3 heteroatoms. The Kier molecular flexibility index (Phi) is 2.08. The minimum absolute atomic E-state index is 0.240. The van der Waals surface area contributed by atoms with E-state index in [2.05, 4.69) is 0 Å². The molecule has 1 aromatic carbocycles. The fourth-order valence-electron chi connectivity index (χ4n) is 1.81. The number of fused-ring (bicyclic) bond motifs is 1. The highest BCUT2D eigenvalue weighted by molar-refractivity contribution is 5.91. The van der Waals surface area contributed by atoms with Crippen LogP contribution in [0.1, 0.15) is 17.5 Å². The van der Waals surface area contributed by atoms with Gasteiger partial charge >= 0.3 is 5.97 Å². The first kappa shape index (κ1) is 8.94. The van der Waals surface area contributed by atoms with Gasteiger partial charge in [-0.25, -0.2) is 9.18 Å². The summed E-state index contributed by atoms with van der Waals surface area (Å²) in [7, 11) is 0. The molecule has 0 aliphatic heterocycles. The van der Waals surface area contributed by atoms with Crippen molar-refractivity contribution in [3.05, 3.63) is 41.2 Å². The number of carbonyl (C=O) groups is 1. The van der Waals surface area contributed by atoms with Crippen molar-refractivity contribution in [2.45, 2.75) is 12.8 Å². The number of allylic oxidation sites excluding steroid dienone is 1. The van der Waals surface area contributed by atoms with Crippen LogP contribution >= 0.6 is 0 Å². The number of halogens is 1. The first-order valence-electron chi connectivity index (χ1n) is 4.40. The molecule has 0 heterocycles. The van der Waals surface area contributed by atoms with E-state index in [4.69, 9.17) is 5.11 Å². The quantitative estimate of drug-likeness (QED) is 0.693. The van der Waals surface area contributed by atoms with Gasteiger partial charge in [-0.3, -0.25) is 0 Å². The molecular weight excluding hydrogens is 183 g/mol. The highest BCUT2D eigenvalue weighted by Gasteiger charge is 2.19. The van der Waals surface area contributed by atoms with Crippen LogP contribution in [-0.4, -0.2) is 11.1 Å². The maximum atomic E-state index is 13.2. The summed E-state index contributed by atoms with van der Waals surface area (Å²) in [6.07, 6.45) is 2.37. The molecule has 0 saturated carbocycles. The van der Waals surface area contributed by atoms with Gasteiger partial charge in [0.1, 0.15) is 5.82 Å². The second kappa shape index (κ2) is 3.25. The van der Waals surface area contributed by atoms with Gasteiger partial charge < -0.3 is 5.11 Å². The molecule has 0 radical (unpaired) electrons. The highest BCUT2D eigenvalue weighted by Crippen LogP contribution is 2.33. The summed E-state index contributed by atoms with van der Waals surface area (Å²) in [5.74, 6) is -1.21. The number of carboxylic acids is 1. The van der Waals surface area contributed by atoms with E-state index in [-0.39, 0.29) is 5.82 Å². The molecule has 1 N–H and O–H groups in total. The Hall–Kier alpha value is -1.64. The van der Waals surface area contributed by atoms with E-state index >= 15 is 0 Å². The Morgan fingerprint density at radius 2 is 2.21 bits per heavy atom. The van der Waals surface area contributed by atoms with E-state index in [1.54, 1.807) is 12.1 Å². The minimum Gasteiger partial charge on any atom is -0.478 e. The normalized spacial score (nSPS) is 17.1. The number of rotatable bonds is 1. The van der Waals surface area contributed by atoms with Gasteiger partial charge in [0.25, 0.3) is 0 Å². The van der Waals surface area contributed by atoms with Gasteiger partial charge in [0.15, 0.2) is 0 Å². The topological polar surface area (TPSA) is 37.3 Å². The average molecular weight is 192 g/mol. The van der Waals surface area contributed by atoms with E-state index < -0.39 is 5.97 Å². The molecule has 72 valence electrons. The van der Waals surface area contributed by atoms with Gasteiger partial charge in [-0.2, -0.15) is 0 Å². The minimum atomic E-state index is -0.975. The number of benzene rings is 1. The summed E-state index contributed by atoms with van der Waals surface area (Å²) in [5.41, 5.74) is 2.10. The van der Waals surface area contributed by atoms with Gasteiger partial charge in [0.05, 0.1) is 0 Å². The van der Waals surface area contributed by atoms with Crippen LogP contribution in [0.15, 0.2) is 24.3 Å². The number of aliphatic carboxylic acids is 1. The molecule has 2 nitrogen and oxygen atoms in total. The maximum Gasteiger partial charge on any atom is 0.328 e. The summed E-state index contributed by atoms with van der Waals surface area (Å²) in [6, 6.07) is 4.78. The van der Waals surface area contributed by atoms with E-state index in [1.807, 2.05) is 0 Å². The Bertz CT molecular complexity index is 421. The molecule has 0 bridgehead atoms. The van der Waals surface area contributed by atoms with Crippen LogP contribution in [0.5, 0.6) is 0 Å². The monoisotopic (exact) mass is 192 g/mol. The molecule has 1 aromatic rings. The molecule has 0 spiro atoms. The summed E-state index contributed by atoms with van der Waals surface area (Å²) < 4.78 is 13.2. The predicted octanol–water partition coefficient (Wildman–Crippen LogP) is 2.24. The highest BCUT2D eigenvalue weighted by atomic mass is 19.1. The van der Waals surface area contributed by atoms with Crippen LogP contribution in [-0.2, 0) is 11.2 Å². The zero-order valence-electron chi connectivity index (χ0n) is 7.46. The molecule has 1 aliphatic carbocycles. The van der Waals surface area contributed by atoms with E-state index in [1.165, 1.54) is 6.07 Å². The summed E-state index contributed by atoms with van der Waals surface area (Å²) in [5, 5.41) is 8.60. The van der Waals surface area contributed by atoms with E-state index in [0.717, 1.165) is 11.6 Å². The summed E-state index contributed by atoms with van der Waals surface area (Å²) in [6.45, 7) is 0. The molecule has 0 fully saturated rings. The average Bonchev–Trinajstić information content (AvgIpc) is 2.49. The van der Waals surface area contributed by atoms with Crippen molar-refractivity contribution in [2.24, 2.45) is 0 Å². The molecule has 2 rings (SSSR count). The first-order valence-corrected chi connectivity index (χ1v) is 4.40. The van der Waals surface area contributed by atoms with Crippen LogP contribution in [0.3, 0.4) is 0 Å². The Morgan fingerprint density at radius 3 is 2.93 bits per heavy atom. The molecule has 0 unspecified atom stereocenters. The summed E-state index contributed by atoms with van der Waals surface area (Å²) in [4.78, 5) is 10.5. The second-order valence-electron chi connectivity index (χ2n) is 3.27. The number of hydrogen-bond donors (Lipinski definition) is 1. The summed E-state index contributed by atoms with van der Waals surface area (Å²) >= 11 is 0. The second-order valence-corrected chi connectivity index (χ2v) is 3.27. The fourth-order valence-corrected chi connectivity index (χ4v) is 1.81. The Morgan fingerprint density at radius 1 is 1.43 bits per heavy atom. The third kappa shape index (κ3) is 1.41. The smallest absolute Gasteiger partial charge is 0.328 e. The van der Waals surface area contributed by atoms with Crippen molar-refractivity contribution < 1.29 is 14.3 Å². The van der Waals surface area contributed by atoms with Crippen LogP contribution < -0.4 is 0 Å². The van der Waals surface area contributed by atoms with Crippen molar-refractivity contribution in [1.82, 2.24) is 0 Å². The molecule has 0 saturated heterocycles. The molecular formula is C11H9FO2. The zero-order valence-corrected chi connectivity index (χ0v) is 7.46. The molecule has 0 atom stereocenters. The van der Waals surface area contributed by atoms with Gasteiger partial charge in [-0.15, -0.1) is 0 Å². The Labute approximate surface area is 80.7 Å². The predicted molar refractivity (Wildman–Crippen MR) is 50.3 cm³/mol. The lowest BCUT2D eigenvalue weighted by Crippen LogP contribution is -1.90. The van der Waals surface area contributed by atoms with E-state index in [9.17, 15) is 9.18 Å². The fraction of sp³-hybridized carbons (Fsp3) is 0.182. The third-order valence-corrected chi connectivity index (χ3v) is 2.41. The van der Waals surface area contributed by atoms with Crippen molar-refractivity contribution >= 4 is 11.5 Å². The van der Waals surface area contributed by atoms with Gasteiger partial charge in [0.2, 0.25) is 0 Å². The lowest BCUT2D eigenvalue weighted by molar-refractivity contribution is -0.131. The van der Waals surface area contributed by atoms with Crippen molar-refractivity contribution in [3.63, 3.8) is 0 Å². The van der Waals surface area contributed by atoms with Gasteiger partial charge in [-0.05, 0) is 35.6 Å². The van der Waals surface area contributed by atoms with E-state index in [0.29, 0.717) is 24.0 Å². The molecule has 0 amide bonds. The number of carboxylic acid groups (broad SMARTS) is 1. The lowest BCUT2D eigenvalue weighted by Gasteiger charge is -1.99. The van der Waals surface area contributed by atoms with Gasteiger partial charge in [0, 0.05) is 6.08 Å². The molecule has 0 aromatic heterocycles.